The molecule has 0 spiro atoms. The number of hydrogen-bond donors (Lipinski definition) is 1. The lowest BCUT2D eigenvalue weighted by molar-refractivity contribution is -0.129. The molecule has 0 aliphatic heterocycles. The quantitative estimate of drug-likeness (QED) is 0.801. The van der Waals surface area contributed by atoms with E-state index >= 15 is 0 Å². The Morgan fingerprint density at radius 2 is 2.00 bits per heavy atom. The Bertz CT molecular complexity index is 446. The number of carbonyl (C=O) groups is 1. The van der Waals surface area contributed by atoms with E-state index in [-0.39, 0.29) is 11.9 Å². The van der Waals surface area contributed by atoms with Crippen molar-refractivity contribution in [1.82, 2.24) is 4.90 Å². The van der Waals surface area contributed by atoms with E-state index in [4.69, 9.17) is 10.5 Å². The van der Waals surface area contributed by atoms with Gasteiger partial charge in [-0.15, -0.1) is 0 Å². The van der Waals surface area contributed by atoms with E-state index in [1.54, 1.807) is 12.0 Å². The first kappa shape index (κ1) is 17.5. The summed E-state index contributed by atoms with van der Waals surface area (Å²) in [6.07, 6.45) is 2.03. The topological polar surface area (TPSA) is 55.6 Å². The molecule has 0 heterocycles. The van der Waals surface area contributed by atoms with Crippen molar-refractivity contribution in [3.8, 4) is 5.75 Å². The van der Waals surface area contributed by atoms with E-state index in [0.717, 1.165) is 17.7 Å². The van der Waals surface area contributed by atoms with Gasteiger partial charge in [-0.05, 0) is 30.4 Å². The monoisotopic (exact) mass is 292 g/mol. The summed E-state index contributed by atoms with van der Waals surface area (Å²) in [6, 6.07) is 7.97. The molecule has 1 unspecified atom stereocenters. The van der Waals surface area contributed by atoms with Gasteiger partial charge >= 0.3 is 0 Å². The van der Waals surface area contributed by atoms with Crippen LogP contribution in [0.5, 0.6) is 5.75 Å². The van der Waals surface area contributed by atoms with E-state index < -0.39 is 0 Å². The van der Waals surface area contributed by atoms with Crippen molar-refractivity contribution < 1.29 is 9.53 Å². The van der Waals surface area contributed by atoms with Crippen molar-refractivity contribution in [2.75, 3.05) is 20.7 Å². The highest BCUT2D eigenvalue weighted by Crippen LogP contribution is 2.19. The predicted octanol–water partition coefficient (Wildman–Crippen LogP) is 2.46. The Kier molecular flexibility index (Phi) is 7.23. The van der Waals surface area contributed by atoms with Crippen LogP contribution in [-0.2, 0) is 11.2 Å². The minimum atomic E-state index is 0.148. The first-order valence-electron chi connectivity index (χ1n) is 7.57. The van der Waals surface area contributed by atoms with Crippen molar-refractivity contribution in [2.45, 2.75) is 39.2 Å². The van der Waals surface area contributed by atoms with Gasteiger partial charge in [-0.1, -0.05) is 32.0 Å². The van der Waals surface area contributed by atoms with E-state index in [9.17, 15) is 4.79 Å². The summed E-state index contributed by atoms with van der Waals surface area (Å²) < 4.78 is 5.30. The number of rotatable bonds is 8. The highest BCUT2D eigenvalue weighted by molar-refractivity contribution is 5.76. The van der Waals surface area contributed by atoms with Crippen LogP contribution in [0.1, 0.15) is 32.3 Å². The molecule has 118 valence electrons. The van der Waals surface area contributed by atoms with Crippen LogP contribution in [0.4, 0.5) is 0 Å². The summed E-state index contributed by atoms with van der Waals surface area (Å²) in [5.74, 6) is 1.44. The zero-order valence-electron chi connectivity index (χ0n) is 13.6. The van der Waals surface area contributed by atoms with E-state index in [2.05, 4.69) is 13.8 Å². The van der Waals surface area contributed by atoms with Crippen molar-refractivity contribution in [1.29, 1.82) is 0 Å². The second-order valence-electron chi connectivity index (χ2n) is 5.82. The molecule has 0 aliphatic rings. The lowest BCUT2D eigenvalue weighted by Crippen LogP contribution is -2.34. The van der Waals surface area contributed by atoms with Crippen molar-refractivity contribution >= 4 is 5.91 Å². The fourth-order valence-corrected chi connectivity index (χ4v) is 2.14. The van der Waals surface area contributed by atoms with E-state index in [1.165, 1.54) is 0 Å². The SMILES string of the molecule is COc1ccccc1CCC(=O)N(C)CCC(N)C(C)C. The molecule has 0 bridgehead atoms. The lowest BCUT2D eigenvalue weighted by atomic mass is 10.0. The van der Waals surface area contributed by atoms with Crippen molar-refractivity contribution in [3.05, 3.63) is 29.8 Å². The van der Waals surface area contributed by atoms with Gasteiger partial charge in [0.2, 0.25) is 5.91 Å². The third-order valence-electron chi connectivity index (χ3n) is 3.88. The second-order valence-corrected chi connectivity index (χ2v) is 5.82. The lowest BCUT2D eigenvalue weighted by Gasteiger charge is -2.21. The number of benzene rings is 1. The summed E-state index contributed by atoms with van der Waals surface area (Å²) >= 11 is 0. The zero-order valence-corrected chi connectivity index (χ0v) is 13.6. The molecule has 0 radical (unpaired) electrons. The van der Waals surface area contributed by atoms with E-state index in [0.29, 0.717) is 25.3 Å². The molecule has 0 fully saturated rings. The normalized spacial score (nSPS) is 12.3. The first-order chi connectivity index (χ1) is 9.95. The van der Waals surface area contributed by atoms with Gasteiger partial charge in [0.25, 0.3) is 0 Å². The number of hydrogen-bond acceptors (Lipinski definition) is 3. The van der Waals surface area contributed by atoms with Gasteiger partial charge in [-0.2, -0.15) is 0 Å². The first-order valence-corrected chi connectivity index (χ1v) is 7.57. The van der Waals surface area contributed by atoms with Gasteiger partial charge < -0.3 is 15.4 Å². The molecule has 0 aromatic heterocycles. The molecule has 4 heteroatoms. The molecule has 2 N–H and O–H groups in total. The molecule has 1 rings (SSSR count). The Morgan fingerprint density at radius 3 is 2.62 bits per heavy atom. The maximum Gasteiger partial charge on any atom is 0.222 e. The number of methoxy groups -OCH3 is 1. The van der Waals surface area contributed by atoms with Gasteiger partial charge in [0.05, 0.1) is 7.11 Å². The average molecular weight is 292 g/mol. The largest absolute Gasteiger partial charge is 0.496 e. The average Bonchev–Trinajstić information content (AvgIpc) is 2.49. The number of nitrogens with zero attached hydrogens (tertiary/aromatic N) is 1. The number of para-hydroxylation sites is 1. The zero-order chi connectivity index (χ0) is 15.8. The number of carbonyl (C=O) groups excluding carboxylic acids is 1. The minimum Gasteiger partial charge on any atom is -0.496 e. The van der Waals surface area contributed by atoms with Gasteiger partial charge in [0.1, 0.15) is 5.75 Å². The van der Waals surface area contributed by atoms with Crippen LogP contribution < -0.4 is 10.5 Å². The molecule has 0 saturated carbocycles. The predicted molar refractivity (Wildman–Crippen MR) is 86.4 cm³/mol. The Labute approximate surface area is 128 Å². The minimum absolute atomic E-state index is 0.148. The molecule has 1 amide bonds. The third-order valence-corrected chi connectivity index (χ3v) is 3.88. The summed E-state index contributed by atoms with van der Waals surface area (Å²) in [7, 11) is 3.50. The standard InChI is InChI=1S/C17H28N2O2/c1-13(2)15(18)11-12-19(3)17(20)10-9-14-7-5-6-8-16(14)21-4/h5-8,13,15H,9-12,18H2,1-4H3. The van der Waals surface area contributed by atoms with Gasteiger partial charge in [-0.25, -0.2) is 0 Å². The summed E-state index contributed by atoms with van der Waals surface area (Å²) in [5.41, 5.74) is 7.08. The fraction of sp³-hybridized carbons (Fsp3) is 0.588. The van der Waals surface area contributed by atoms with Gasteiger partial charge in [-0.3, -0.25) is 4.79 Å². The highest BCUT2D eigenvalue weighted by atomic mass is 16.5. The second kappa shape index (κ2) is 8.67. The molecule has 1 aromatic carbocycles. The maximum atomic E-state index is 12.1. The van der Waals surface area contributed by atoms with Crippen LogP contribution in [0.25, 0.3) is 0 Å². The van der Waals surface area contributed by atoms with E-state index in [1.807, 2.05) is 31.3 Å². The van der Waals surface area contributed by atoms with Crippen LogP contribution in [0.15, 0.2) is 24.3 Å². The molecular weight excluding hydrogens is 264 g/mol. The molecule has 0 saturated heterocycles. The number of nitrogens with two attached hydrogens (primary N) is 1. The molecule has 1 aromatic rings. The molecule has 4 nitrogen and oxygen atoms in total. The molecule has 1 atom stereocenters. The van der Waals surface area contributed by atoms with Crippen LogP contribution in [0.3, 0.4) is 0 Å². The maximum absolute atomic E-state index is 12.1. The summed E-state index contributed by atoms with van der Waals surface area (Å²) in [5, 5.41) is 0. The Hall–Kier alpha value is -1.55. The number of ether oxygens (including phenoxy) is 1. The smallest absolute Gasteiger partial charge is 0.222 e. The van der Waals surface area contributed by atoms with Crippen molar-refractivity contribution in [3.63, 3.8) is 0 Å². The molecular formula is C17H28N2O2. The van der Waals surface area contributed by atoms with Gasteiger partial charge in [0.15, 0.2) is 0 Å². The van der Waals surface area contributed by atoms with Crippen LogP contribution in [0.2, 0.25) is 0 Å². The van der Waals surface area contributed by atoms with Crippen molar-refractivity contribution in [2.24, 2.45) is 11.7 Å². The van der Waals surface area contributed by atoms with Crippen LogP contribution in [-0.4, -0.2) is 37.6 Å². The number of aryl methyl sites for hydroxylation is 1. The third kappa shape index (κ3) is 5.76. The van der Waals surface area contributed by atoms with Crippen LogP contribution in [0, 0.1) is 5.92 Å². The molecule has 21 heavy (non-hydrogen) atoms. The fourth-order valence-electron chi connectivity index (χ4n) is 2.14. The highest BCUT2D eigenvalue weighted by Gasteiger charge is 2.13. The van der Waals surface area contributed by atoms with Gasteiger partial charge in [0, 0.05) is 26.1 Å². The summed E-state index contributed by atoms with van der Waals surface area (Å²) in [6.45, 7) is 4.92. The Morgan fingerprint density at radius 1 is 1.33 bits per heavy atom. The molecule has 0 aliphatic carbocycles. The summed E-state index contributed by atoms with van der Waals surface area (Å²) in [4.78, 5) is 13.9. The Balaban J connectivity index is 2.42. The number of amides is 1. The van der Waals surface area contributed by atoms with Crippen LogP contribution >= 0.6 is 0 Å².